The summed E-state index contributed by atoms with van der Waals surface area (Å²) in [6.07, 6.45) is 0.418. The van der Waals surface area contributed by atoms with Gasteiger partial charge in [-0.25, -0.2) is 0 Å². The number of anilines is 1. The molecular formula is C18H22IN5O3. The fourth-order valence-electron chi connectivity index (χ4n) is 2.90. The van der Waals surface area contributed by atoms with Crippen molar-refractivity contribution in [1.82, 2.24) is 10.6 Å². The highest BCUT2D eigenvalue weighted by Gasteiger charge is 2.24. The topological polar surface area (TPSA) is 122 Å². The Hall–Kier alpha value is -2.56. The van der Waals surface area contributed by atoms with Crippen molar-refractivity contribution in [1.29, 1.82) is 0 Å². The molecule has 0 saturated heterocycles. The summed E-state index contributed by atoms with van der Waals surface area (Å²) in [6, 6.07) is 11.0. The number of hydrogen-bond donors (Lipinski definition) is 4. The van der Waals surface area contributed by atoms with Gasteiger partial charge in [-0.15, -0.1) is 24.0 Å². The molecule has 2 aromatic rings. The molecule has 0 aliphatic carbocycles. The maximum Gasteiger partial charge on any atom is 0.284 e. The van der Waals surface area contributed by atoms with Gasteiger partial charge in [0.15, 0.2) is 11.7 Å². The summed E-state index contributed by atoms with van der Waals surface area (Å²) in [5, 5.41) is 9.22. The lowest BCUT2D eigenvalue weighted by molar-refractivity contribution is -0.116. The van der Waals surface area contributed by atoms with Crippen LogP contribution in [0.25, 0.3) is 0 Å². The Morgan fingerprint density at radius 2 is 2.07 bits per heavy atom. The molecule has 0 radical (unpaired) electrons. The van der Waals surface area contributed by atoms with Crippen LogP contribution < -0.4 is 21.7 Å². The van der Waals surface area contributed by atoms with Gasteiger partial charge < -0.3 is 26.1 Å². The predicted octanol–water partition coefficient (Wildman–Crippen LogP) is 1.79. The molecule has 1 aromatic heterocycles. The van der Waals surface area contributed by atoms with E-state index in [4.69, 9.17) is 10.2 Å². The summed E-state index contributed by atoms with van der Waals surface area (Å²) in [4.78, 5) is 27.1. The number of nitrogens with one attached hydrogen (secondary N) is 3. The molecule has 3 rings (SSSR count). The van der Waals surface area contributed by atoms with Crippen molar-refractivity contribution in [2.75, 3.05) is 18.9 Å². The van der Waals surface area contributed by atoms with Gasteiger partial charge in [-0.2, -0.15) is 0 Å². The first-order chi connectivity index (χ1) is 12.6. The number of hydrogen-bond acceptors (Lipinski definition) is 4. The van der Waals surface area contributed by atoms with Crippen LogP contribution >= 0.6 is 24.0 Å². The van der Waals surface area contributed by atoms with Crippen molar-refractivity contribution in [2.24, 2.45) is 10.7 Å². The van der Waals surface area contributed by atoms with Crippen LogP contribution in [0.15, 0.2) is 45.8 Å². The van der Waals surface area contributed by atoms with Gasteiger partial charge in [-0.3, -0.25) is 14.6 Å². The normalized spacial score (nSPS) is 16.0. The Morgan fingerprint density at radius 1 is 1.30 bits per heavy atom. The van der Waals surface area contributed by atoms with Crippen molar-refractivity contribution in [3.63, 3.8) is 0 Å². The van der Waals surface area contributed by atoms with E-state index in [2.05, 4.69) is 20.9 Å². The molecule has 2 heterocycles. The van der Waals surface area contributed by atoms with Crippen molar-refractivity contribution in [3.05, 3.63) is 53.5 Å². The molecule has 0 spiro atoms. The Labute approximate surface area is 174 Å². The lowest BCUT2D eigenvalue weighted by Crippen LogP contribution is -2.40. The molecule has 144 valence electrons. The summed E-state index contributed by atoms with van der Waals surface area (Å²) < 4.78 is 5.32. The van der Waals surface area contributed by atoms with Crippen LogP contribution in [0, 0.1) is 0 Å². The van der Waals surface area contributed by atoms with Crippen molar-refractivity contribution >= 4 is 47.4 Å². The van der Waals surface area contributed by atoms with Gasteiger partial charge in [0.1, 0.15) is 5.76 Å². The largest absolute Gasteiger partial charge is 0.454 e. The standard InChI is InChI=1S/C18H21N5O3.HI/c1-20-18(22-10-12-6-7-15(26-12)17(19)25)21-9-11-8-16(24)23-14-5-3-2-4-13(11)14;/h2-7,11H,8-10H2,1H3,(H2,19,25)(H,23,24)(H2,20,21,22);1H. The second kappa shape index (κ2) is 9.40. The number of primary amides is 1. The molecule has 1 atom stereocenters. The van der Waals surface area contributed by atoms with Crippen molar-refractivity contribution in [2.45, 2.75) is 18.9 Å². The highest BCUT2D eigenvalue weighted by molar-refractivity contribution is 14.0. The number of nitrogens with zero attached hydrogens (tertiary/aromatic N) is 1. The molecular weight excluding hydrogens is 461 g/mol. The molecule has 1 aliphatic heterocycles. The van der Waals surface area contributed by atoms with E-state index in [0.29, 0.717) is 31.2 Å². The zero-order chi connectivity index (χ0) is 18.5. The van der Waals surface area contributed by atoms with Crippen LogP contribution in [0.5, 0.6) is 0 Å². The van der Waals surface area contributed by atoms with E-state index in [1.165, 1.54) is 6.07 Å². The quantitative estimate of drug-likeness (QED) is 0.294. The van der Waals surface area contributed by atoms with Gasteiger partial charge >= 0.3 is 0 Å². The van der Waals surface area contributed by atoms with Crippen molar-refractivity contribution in [3.8, 4) is 0 Å². The average Bonchev–Trinajstić information content (AvgIpc) is 3.11. The smallest absolute Gasteiger partial charge is 0.284 e. The molecule has 9 heteroatoms. The highest BCUT2D eigenvalue weighted by Crippen LogP contribution is 2.31. The Bertz CT molecular complexity index is 849. The molecule has 2 amide bonds. The fraction of sp³-hybridized carbons (Fsp3) is 0.278. The molecule has 1 unspecified atom stereocenters. The molecule has 1 aromatic carbocycles. The van der Waals surface area contributed by atoms with Gasteiger partial charge in [0.05, 0.1) is 6.54 Å². The Kier molecular flexibility index (Phi) is 7.22. The van der Waals surface area contributed by atoms with E-state index in [1.807, 2.05) is 24.3 Å². The van der Waals surface area contributed by atoms with Crippen molar-refractivity contribution < 1.29 is 14.0 Å². The number of halogens is 1. The van der Waals surface area contributed by atoms with Crippen LogP contribution in [-0.2, 0) is 11.3 Å². The fourth-order valence-corrected chi connectivity index (χ4v) is 2.90. The molecule has 0 bridgehead atoms. The van der Waals surface area contributed by atoms with Crippen LogP contribution in [0.3, 0.4) is 0 Å². The summed E-state index contributed by atoms with van der Waals surface area (Å²) in [6.45, 7) is 0.920. The maximum atomic E-state index is 11.9. The Morgan fingerprint density at radius 3 is 2.78 bits per heavy atom. The highest BCUT2D eigenvalue weighted by atomic mass is 127. The number of fused-ring (bicyclic) bond motifs is 1. The first-order valence-electron chi connectivity index (χ1n) is 8.28. The first-order valence-corrected chi connectivity index (χ1v) is 8.28. The average molecular weight is 483 g/mol. The van der Waals surface area contributed by atoms with Gasteiger partial charge in [0.25, 0.3) is 5.91 Å². The SMILES string of the molecule is CN=C(NCc1ccc(C(N)=O)o1)NCC1CC(=O)Nc2ccccc21.I. The number of guanidine groups is 1. The second-order valence-electron chi connectivity index (χ2n) is 5.97. The minimum Gasteiger partial charge on any atom is -0.454 e. The molecule has 0 saturated carbocycles. The van der Waals surface area contributed by atoms with E-state index in [9.17, 15) is 9.59 Å². The number of carbonyl (C=O) groups excluding carboxylic acids is 2. The van der Waals surface area contributed by atoms with E-state index < -0.39 is 5.91 Å². The zero-order valence-electron chi connectivity index (χ0n) is 14.8. The molecule has 8 nitrogen and oxygen atoms in total. The van der Waals surface area contributed by atoms with Crippen LogP contribution in [0.1, 0.15) is 34.2 Å². The number of carbonyl (C=O) groups is 2. The predicted molar refractivity (Wildman–Crippen MR) is 113 cm³/mol. The van der Waals surface area contributed by atoms with E-state index in [1.54, 1.807) is 13.1 Å². The molecule has 5 N–H and O–H groups in total. The minimum absolute atomic E-state index is 0. The number of benzene rings is 1. The lowest BCUT2D eigenvalue weighted by Gasteiger charge is -2.26. The van der Waals surface area contributed by atoms with Gasteiger partial charge in [-0.1, -0.05) is 18.2 Å². The van der Waals surface area contributed by atoms with E-state index in [0.717, 1.165) is 11.3 Å². The number of aliphatic imine (C=N–C) groups is 1. The number of rotatable bonds is 5. The van der Waals surface area contributed by atoms with Gasteiger partial charge in [0.2, 0.25) is 5.91 Å². The summed E-state index contributed by atoms with van der Waals surface area (Å²) in [7, 11) is 1.66. The maximum absolute atomic E-state index is 11.9. The first kappa shape index (κ1) is 20.7. The number of amides is 2. The molecule has 27 heavy (non-hydrogen) atoms. The van der Waals surface area contributed by atoms with Gasteiger partial charge in [0, 0.05) is 31.6 Å². The summed E-state index contributed by atoms with van der Waals surface area (Å²) in [5.41, 5.74) is 7.13. The van der Waals surface area contributed by atoms with E-state index >= 15 is 0 Å². The number of para-hydroxylation sites is 1. The third-order valence-corrected chi connectivity index (χ3v) is 4.18. The summed E-state index contributed by atoms with van der Waals surface area (Å²) >= 11 is 0. The minimum atomic E-state index is -0.604. The summed E-state index contributed by atoms with van der Waals surface area (Å²) in [5.74, 6) is 0.730. The lowest BCUT2D eigenvalue weighted by atomic mass is 9.90. The molecule has 1 aliphatic rings. The number of furan rings is 1. The van der Waals surface area contributed by atoms with Crippen LogP contribution in [-0.4, -0.2) is 31.4 Å². The Balaban J connectivity index is 0.00000261. The van der Waals surface area contributed by atoms with Crippen LogP contribution in [0.2, 0.25) is 0 Å². The number of nitrogens with two attached hydrogens (primary N) is 1. The van der Waals surface area contributed by atoms with E-state index in [-0.39, 0.29) is 41.6 Å². The van der Waals surface area contributed by atoms with Crippen LogP contribution in [0.4, 0.5) is 5.69 Å². The third-order valence-electron chi connectivity index (χ3n) is 4.18. The zero-order valence-corrected chi connectivity index (χ0v) is 17.2. The second-order valence-corrected chi connectivity index (χ2v) is 5.97. The molecule has 0 fully saturated rings. The third kappa shape index (κ3) is 5.22. The van der Waals surface area contributed by atoms with Gasteiger partial charge in [-0.05, 0) is 23.8 Å². The monoisotopic (exact) mass is 483 g/mol.